The highest BCUT2D eigenvalue weighted by Gasteiger charge is 2.85. The largest absolute Gasteiger partial charge is 0.636 e. The average molecular weight is 937 g/mol. The molecule has 1 aromatic carbocycles. The molecule has 0 saturated heterocycles. The highest BCUT2D eigenvalue weighted by Crippen LogP contribution is 2.56. The highest BCUT2D eigenvalue weighted by molar-refractivity contribution is 6.85. The number of hydrogen-bond acceptors (Lipinski definition) is 7. The molecule has 0 fully saturated rings. The SMILES string of the molecule is C[Si](C)O[Si](O[Si](C)C)(O[Si](C)C)O[Si](C)(C)CCCN(C(=O)C(F)(OC(F)(F)C(F)(OC(F)(F)C(F)(F)C(F)(F)F)C(F)(F)F)C(F)(F)F)c1ccccc1. The van der Waals surface area contributed by atoms with Crippen LogP contribution in [0.4, 0.5) is 80.3 Å². The minimum absolute atomic E-state index is 0.213. The number of anilines is 1. The number of carbonyl (C=O) groups is 1. The van der Waals surface area contributed by atoms with Gasteiger partial charge in [-0.2, -0.15) is 74.6 Å². The van der Waals surface area contributed by atoms with Crippen molar-refractivity contribution < 1.29 is 105 Å². The third-order valence-corrected chi connectivity index (χ3v) is 19.2. The minimum Gasteiger partial charge on any atom is -0.396 e. The second kappa shape index (κ2) is 17.9. The summed E-state index contributed by atoms with van der Waals surface area (Å²) >= 11 is 0. The lowest BCUT2D eigenvalue weighted by Crippen LogP contribution is -2.69. The first-order valence-corrected chi connectivity index (χ1v) is 27.4. The van der Waals surface area contributed by atoms with E-state index in [4.69, 9.17) is 16.5 Å². The van der Waals surface area contributed by atoms with Gasteiger partial charge in [0.05, 0.1) is 0 Å². The molecule has 0 aliphatic heterocycles. The summed E-state index contributed by atoms with van der Waals surface area (Å²) in [6.07, 6.45) is -39.4. The normalized spacial score (nSPS) is 16.7. The van der Waals surface area contributed by atoms with E-state index in [-0.39, 0.29) is 10.9 Å². The molecule has 0 aliphatic rings. The minimum atomic E-state index is -8.12. The average Bonchev–Trinajstić information content (AvgIpc) is 2.95. The Morgan fingerprint density at radius 1 is 0.625 bits per heavy atom. The summed E-state index contributed by atoms with van der Waals surface area (Å²) in [7, 11) is -11.9. The van der Waals surface area contributed by atoms with Gasteiger partial charge < -0.3 is 21.4 Å². The van der Waals surface area contributed by atoms with Crippen molar-refractivity contribution in [3.8, 4) is 0 Å². The Balaban J connectivity index is 3.75. The number of rotatable bonds is 20. The maximum Gasteiger partial charge on any atom is 0.636 e. The van der Waals surface area contributed by atoms with Crippen molar-refractivity contribution in [3.05, 3.63) is 30.3 Å². The van der Waals surface area contributed by atoms with Gasteiger partial charge in [-0.3, -0.25) is 14.3 Å². The van der Waals surface area contributed by atoms with Crippen LogP contribution in [0, 0.1) is 0 Å². The quantitative estimate of drug-likeness (QED) is 0.0953. The zero-order valence-electron chi connectivity index (χ0n) is 30.2. The first-order chi connectivity index (χ1) is 24.7. The number of ether oxygens (including phenoxy) is 2. The Labute approximate surface area is 316 Å². The lowest BCUT2D eigenvalue weighted by atomic mass is 10.1. The molecular weight excluding hydrogens is 902 g/mol. The third-order valence-electron chi connectivity index (χ3n) is 6.50. The maximum atomic E-state index is 15.8. The van der Waals surface area contributed by atoms with Gasteiger partial charge in [0.25, 0.3) is 0 Å². The van der Waals surface area contributed by atoms with Gasteiger partial charge in [0.2, 0.25) is 0 Å². The van der Waals surface area contributed by atoms with Crippen LogP contribution >= 0.6 is 0 Å². The van der Waals surface area contributed by atoms with Crippen LogP contribution in [0.5, 0.6) is 0 Å². The number of carbonyl (C=O) groups excluding carboxylic acids is 1. The zero-order chi connectivity index (χ0) is 44.4. The fraction of sp³-hybridized carbons (Fsp3) is 0.731. The maximum absolute atomic E-state index is 15.8. The molecule has 0 heterocycles. The van der Waals surface area contributed by atoms with Gasteiger partial charge in [0, 0.05) is 12.2 Å². The fourth-order valence-electron chi connectivity index (χ4n) is 4.21. The first-order valence-electron chi connectivity index (χ1n) is 15.4. The standard InChI is InChI=1S/C26H35F17NO7Si5/c1-52(2)48-56(49-53(3)4,50-54(5)6)51-55(7,8)16-12-15-44(17-13-10-9-11-14-17)18(45)19(27,22(31,32)33)46-26(42,43)21(30,24(37,38)39)47-25(40,41)20(28,29)23(34,35)36/h9-11,13-14H,12,15-16H2,1-8H3. The smallest absolute Gasteiger partial charge is 0.396 e. The van der Waals surface area contributed by atoms with Crippen LogP contribution in [0.15, 0.2) is 30.3 Å². The number of amides is 1. The molecule has 0 saturated carbocycles. The van der Waals surface area contributed by atoms with Crippen molar-refractivity contribution >= 4 is 56.1 Å². The van der Waals surface area contributed by atoms with Crippen LogP contribution in [-0.2, 0) is 30.7 Å². The van der Waals surface area contributed by atoms with E-state index in [0.717, 1.165) is 30.3 Å². The van der Waals surface area contributed by atoms with Gasteiger partial charge in [-0.05, 0) is 77.0 Å². The second-order valence-corrected chi connectivity index (χ2v) is 26.5. The summed E-state index contributed by atoms with van der Waals surface area (Å²) < 4.78 is 263. The Kier molecular flexibility index (Phi) is 16.7. The lowest BCUT2D eigenvalue weighted by Gasteiger charge is -2.41. The molecule has 0 N–H and O–H groups in total. The van der Waals surface area contributed by atoms with E-state index in [9.17, 15) is 75.0 Å². The van der Waals surface area contributed by atoms with Crippen LogP contribution in [0.25, 0.3) is 0 Å². The van der Waals surface area contributed by atoms with Crippen LogP contribution < -0.4 is 4.90 Å². The van der Waals surface area contributed by atoms with E-state index < -0.39 is 117 Å². The van der Waals surface area contributed by atoms with Crippen molar-refractivity contribution in [2.75, 3.05) is 11.4 Å². The highest BCUT2D eigenvalue weighted by atomic mass is 28.5. The zero-order valence-corrected chi connectivity index (χ0v) is 35.2. The number of benzene rings is 1. The van der Waals surface area contributed by atoms with E-state index in [2.05, 4.69) is 4.74 Å². The van der Waals surface area contributed by atoms with Crippen LogP contribution in [0.2, 0.25) is 58.4 Å². The summed E-state index contributed by atoms with van der Waals surface area (Å²) in [6.45, 7) is 12.3. The number of halogens is 17. The van der Waals surface area contributed by atoms with E-state index in [1.54, 1.807) is 44.0 Å². The molecule has 0 spiro atoms. The van der Waals surface area contributed by atoms with Crippen molar-refractivity contribution in [3.63, 3.8) is 0 Å². The predicted molar refractivity (Wildman–Crippen MR) is 171 cm³/mol. The molecule has 56 heavy (non-hydrogen) atoms. The molecule has 0 aliphatic carbocycles. The number of nitrogens with zero attached hydrogens (tertiary/aromatic N) is 1. The van der Waals surface area contributed by atoms with Crippen molar-refractivity contribution in [1.29, 1.82) is 0 Å². The third kappa shape index (κ3) is 12.4. The molecule has 2 atom stereocenters. The van der Waals surface area contributed by atoms with Crippen molar-refractivity contribution in [1.82, 2.24) is 0 Å². The van der Waals surface area contributed by atoms with Gasteiger partial charge >= 0.3 is 63.3 Å². The van der Waals surface area contributed by atoms with Crippen LogP contribution in [-0.4, -0.2) is 105 Å². The van der Waals surface area contributed by atoms with Gasteiger partial charge in [-0.15, -0.1) is 0 Å². The Bertz CT molecular complexity index is 1410. The number of para-hydroxylation sites is 1. The summed E-state index contributed by atoms with van der Waals surface area (Å²) in [6, 6.07) is 4.42. The van der Waals surface area contributed by atoms with Gasteiger partial charge in [-0.1, -0.05) is 18.2 Å². The molecule has 325 valence electrons. The first kappa shape index (κ1) is 52.4. The predicted octanol–water partition coefficient (Wildman–Crippen LogP) is 9.74. The van der Waals surface area contributed by atoms with Crippen molar-refractivity contribution in [2.24, 2.45) is 0 Å². The monoisotopic (exact) mass is 936 g/mol. The number of hydrogen-bond donors (Lipinski definition) is 0. The van der Waals surface area contributed by atoms with Gasteiger partial charge in [-0.25, -0.2) is 0 Å². The van der Waals surface area contributed by atoms with Crippen LogP contribution in [0.1, 0.15) is 6.42 Å². The molecule has 1 amide bonds. The topological polar surface area (TPSA) is 75.7 Å². The molecule has 30 heteroatoms. The molecule has 2 unspecified atom stereocenters. The summed E-state index contributed by atoms with van der Waals surface area (Å²) in [4.78, 5) is 12.9. The Morgan fingerprint density at radius 3 is 1.41 bits per heavy atom. The molecule has 0 aromatic heterocycles. The van der Waals surface area contributed by atoms with E-state index in [1.807, 2.05) is 0 Å². The molecular formula is C26H35F17NO7Si5. The van der Waals surface area contributed by atoms with Crippen LogP contribution in [0.3, 0.4) is 0 Å². The second-order valence-electron chi connectivity index (χ2n) is 12.8. The van der Waals surface area contributed by atoms with E-state index >= 15 is 4.39 Å². The van der Waals surface area contributed by atoms with Gasteiger partial charge in [0.15, 0.2) is 35.4 Å². The summed E-state index contributed by atoms with van der Waals surface area (Å²) in [5.74, 6) is -26.3. The van der Waals surface area contributed by atoms with Gasteiger partial charge in [0.1, 0.15) is 0 Å². The fourth-order valence-corrected chi connectivity index (χ4v) is 17.6. The summed E-state index contributed by atoms with van der Waals surface area (Å²) in [5, 5.41) is 0. The molecule has 1 rings (SSSR count). The molecule has 3 radical (unpaired) electrons. The summed E-state index contributed by atoms with van der Waals surface area (Å²) in [5.41, 5.74) is -0.803. The molecule has 8 nitrogen and oxygen atoms in total. The van der Waals surface area contributed by atoms with Crippen molar-refractivity contribution in [2.45, 2.75) is 113 Å². The molecule has 1 aromatic rings. The molecule has 0 bridgehead atoms. The number of alkyl halides is 17. The Hall–Kier alpha value is -1.66. The van der Waals surface area contributed by atoms with E-state index in [0.29, 0.717) is 0 Å². The lowest BCUT2D eigenvalue weighted by molar-refractivity contribution is -0.548. The van der Waals surface area contributed by atoms with E-state index in [1.165, 1.54) is 13.1 Å². The Morgan fingerprint density at radius 2 is 1.05 bits per heavy atom.